The lowest BCUT2D eigenvalue weighted by molar-refractivity contribution is -0.0204. The Balaban J connectivity index is 1.40. The number of amides is 1. The summed E-state index contributed by atoms with van der Waals surface area (Å²) in [6.07, 6.45) is -0.103. The Morgan fingerprint density at radius 1 is 1.03 bits per heavy atom. The van der Waals surface area contributed by atoms with E-state index in [1.807, 2.05) is 28.0 Å². The van der Waals surface area contributed by atoms with Gasteiger partial charge in [0.05, 0.1) is 23.3 Å². The standard InChI is InChI=1S/C24H26FN3O2S/c1-26-14-15-30-20(16-26)22-17-6-2-5-9-21(17)31-23(22)24(29)28-12-10-27(11-13-28)19-8-4-3-7-18(19)25/h2-9,20H,10-16H2,1H3/t20-/m0/s1. The van der Waals surface area contributed by atoms with E-state index in [1.54, 1.807) is 23.5 Å². The highest BCUT2D eigenvalue weighted by Crippen LogP contribution is 2.39. The summed E-state index contributed by atoms with van der Waals surface area (Å²) in [7, 11) is 2.09. The summed E-state index contributed by atoms with van der Waals surface area (Å²) >= 11 is 1.56. The normalized spacial score (nSPS) is 20.4. The van der Waals surface area contributed by atoms with Crippen LogP contribution >= 0.6 is 11.3 Å². The Kier molecular flexibility index (Phi) is 5.65. The number of piperazine rings is 1. The molecule has 31 heavy (non-hydrogen) atoms. The highest BCUT2D eigenvalue weighted by atomic mass is 32.1. The van der Waals surface area contributed by atoms with E-state index in [0.717, 1.165) is 33.6 Å². The Labute approximate surface area is 185 Å². The quantitative estimate of drug-likeness (QED) is 0.618. The number of ether oxygens (including phenoxy) is 1. The molecule has 5 rings (SSSR count). The minimum Gasteiger partial charge on any atom is -0.371 e. The van der Waals surface area contributed by atoms with Crippen molar-refractivity contribution in [1.82, 2.24) is 9.80 Å². The minimum absolute atomic E-state index is 0.0567. The van der Waals surface area contributed by atoms with E-state index in [4.69, 9.17) is 4.74 Å². The van der Waals surface area contributed by atoms with Gasteiger partial charge in [-0.15, -0.1) is 11.3 Å². The van der Waals surface area contributed by atoms with Crippen LogP contribution in [0.3, 0.4) is 0 Å². The Bertz CT molecular complexity index is 1090. The Morgan fingerprint density at radius 2 is 1.77 bits per heavy atom. The summed E-state index contributed by atoms with van der Waals surface area (Å²) in [6.45, 7) is 4.74. The highest BCUT2D eigenvalue weighted by molar-refractivity contribution is 7.21. The first kappa shape index (κ1) is 20.4. The first-order chi connectivity index (χ1) is 15.1. The van der Waals surface area contributed by atoms with E-state index in [-0.39, 0.29) is 17.8 Å². The minimum atomic E-state index is -0.215. The number of benzene rings is 2. The van der Waals surface area contributed by atoms with Gasteiger partial charge in [-0.1, -0.05) is 30.3 Å². The number of hydrogen-bond acceptors (Lipinski definition) is 5. The lowest BCUT2D eigenvalue weighted by atomic mass is 10.0. The van der Waals surface area contributed by atoms with Gasteiger partial charge < -0.3 is 19.4 Å². The monoisotopic (exact) mass is 439 g/mol. The smallest absolute Gasteiger partial charge is 0.264 e. The molecule has 5 nitrogen and oxygen atoms in total. The lowest BCUT2D eigenvalue weighted by Crippen LogP contribution is -2.49. The van der Waals surface area contributed by atoms with Crippen molar-refractivity contribution in [2.75, 3.05) is 57.8 Å². The van der Waals surface area contributed by atoms with Gasteiger partial charge in [-0.3, -0.25) is 4.79 Å². The third-order valence-corrected chi connectivity index (χ3v) is 7.35. The zero-order valence-corrected chi connectivity index (χ0v) is 18.4. The zero-order valence-electron chi connectivity index (χ0n) is 17.6. The predicted molar refractivity (Wildman–Crippen MR) is 123 cm³/mol. The molecule has 0 spiro atoms. The summed E-state index contributed by atoms with van der Waals surface area (Å²) in [5.74, 6) is -0.158. The largest absolute Gasteiger partial charge is 0.371 e. The van der Waals surface area contributed by atoms with Crippen molar-refractivity contribution in [1.29, 1.82) is 0 Å². The molecule has 2 aromatic carbocycles. The summed E-state index contributed by atoms with van der Waals surface area (Å²) in [5, 5.41) is 1.11. The van der Waals surface area contributed by atoms with Crippen LogP contribution in [0, 0.1) is 5.82 Å². The summed E-state index contributed by atoms with van der Waals surface area (Å²) in [4.78, 5) is 20.5. The molecule has 3 aromatic rings. The molecule has 0 unspecified atom stereocenters. The second kappa shape index (κ2) is 8.57. The number of rotatable bonds is 3. The van der Waals surface area contributed by atoms with E-state index in [2.05, 4.69) is 24.1 Å². The van der Waals surface area contributed by atoms with Gasteiger partial charge >= 0.3 is 0 Å². The van der Waals surface area contributed by atoms with E-state index in [0.29, 0.717) is 38.5 Å². The summed E-state index contributed by atoms with van der Waals surface area (Å²) in [5.41, 5.74) is 1.63. The number of thiophene rings is 1. The molecule has 162 valence electrons. The third kappa shape index (κ3) is 3.93. The van der Waals surface area contributed by atoms with Crippen LogP contribution in [0.15, 0.2) is 48.5 Å². The molecule has 3 heterocycles. The molecule has 0 saturated carbocycles. The fourth-order valence-electron chi connectivity index (χ4n) is 4.50. The first-order valence-corrected chi connectivity index (χ1v) is 11.5. The van der Waals surface area contributed by atoms with Crippen molar-refractivity contribution < 1.29 is 13.9 Å². The molecule has 2 fully saturated rings. The number of para-hydroxylation sites is 1. The van der Waals surface area contributed by atoms with Gasteiger partial charge in [0.15, 0.2) is 0 Å². The number of nitrogens with zero attached hydrogens (tertiary/aromatic N) is 3. The second-order valence-electron chi connectivity index (χ2n) is 8.19. The van der Waals surface area contributed by atoms with Crippen LogP contribution in [0.5, 0.6) is 0 Å². The predicted octanol–water partition coefficient (Wildman–Crippen LogP) is 4.01. The molecule has 2 aliphatic rings. The van der Waals surface area contributed by atoms with Crippen LogP contribution < -0.4 is 4.90 Å². The molecule has 0 radical (unpaired) electrons. The maximum absolute atomic E-state index is 14.2. The average Bonchev–Trinajstić information content (AvgIpc) is 3.19. The number of carbonyl (C=O) groups excluding carboxylic acids is 1. The Morgan fingerprint density at radius 3 is 2.55 bits per heavy atom. The average molecular weight is 440 g/mol. The number of likely N-dealkylation sites (N-methyl/N-ethyl adjacent to an activating group) is 1. The number of carbonyl (C=O) groups is 1. The van der Waals surface area contributed by atoms with Crippen LogP contribution in [-0.2, 0) is 4.74 Å². The number of hydrogen-bond donors (Lipinski definition) is 0. The molecule has 2 saturated heterocycles. The fourth-order valence-corrected chi connectivity index (χ4v) is 5.72. The van der Waals surface area contributed by atoms with Gasteiger partial charge in [0.25, 0.3) is 5.91 Å². The van der Waals surface area contributed by atoms with Gasteiger partial charge in [-0.05, 0) is 30.6 Å². The van der Waals surface area contributed by atoms with Crippen LogP contribution in [0.4, 0.5) is 10.1 Å². The SMILES string of the molecule is CN1CCO[C@H](c2c(C(=O)N3CCN(c4ccccc4F)CC3)sc3ccccc23)C1. The van der Waals surface area contributed by atoms with Gasteiger partial charge in [-0.25, -0.2) is 4.39 Å². The molecule has 1 atom stereocenters. The number of fused-ring (bicyclic) bond motifs is 1. The van der Waals surface area contributed by atoms with E-state index < -0.39 is 0 Å². The zero-order chi connectivity index (χ0) is 21.4. The van der Waals surface area contributed by atoms with Crippen LogP contribution in [0.25, 0.3) is 10.1 Å². The molecule has 1 aromatic heterocycles. The second-order valence-corrected chi connectivity index (χ2v) is 9.25. The molecular formula is C24H26FN3O2S. The topological polar surface area (TPSA) is 36.0 Å². The number of anilines is 1. The van der Waals surface area contributed by atoms with E-state index >= 15 is 0 Å². The van der Waals surface area contributed by atoms with Gasteiger partial charge in [0.2, 0.25) is 0 Å². The van der Waals surface area contributed by atoms with Gasteiger partial charge in [0.1, 0.15) is 5.82 Å². The van der Waals surface area contributed by atoms with E-state index in [1.165, 1.54) is 6.07 Å². The maximum atomic E-state index is 14.2. The molecule has 0 N–H and O–H groups in total. The van der Waals surface area contributed by atoms with Crippen molar-refractivity contribution >= 4 is 33.0 Å². The molecule has 0 aliphatic carbocycles. The maximum Gasteiger partial charge on any atom is 0.264 e. The molecule has 2 aliphatic heterocycles. The van der Waals surface area contributed by atoms with Crippen molar-refractivity contribution in [2.45, 2.75) is 6.10 Å². The number of halogens is 1. The molecule has 7 heteroatoms. The Hall–Kier alpha value is -2.48. The van der Waals surface area contributed by atoms with Crippen molar-refractivity contribution in [2.24, 2.45) is 0 Å². The summed E-state index contributed by atoms with van der Waals surface area (Å²) in [6, 6.07) is 15.0. The van der Waals surface area contributed by atoms with Crippen molar-refractivity contribution in [3.63, 3.8) is 0 Å². The molecule has 1 amide bonds. The van der Waals surface area contributed by atoms with Crippen molar-refractivity contribution in [3.05, 3.63) is 64.8 Å². The van der Waals surface area contributed by atoms with Gasteiger partial charge in [-0.2, -0.15) is 0 Å². The van der Waals surface area contributed by atoms with Crippen LogP contribution in [0.2, 0.25) is 0 Å². The van der Waals surface area contributed by atoms with Crippen molar-refractivity contribution in [3.8, 4) is 0 Å². The van der Waals surface area contributed by atoms with Crippen LogP contribution in [0.1, 0.15) is 21.3 Å². The number of morpholine rings is 1. The first-order valence-electron chi connectivity index (χ1n) is 10.7. The lowest BCUT2D eigenvalue weighted by Gasteiger charge is -2.36. The van der Waals surface area contributed by atoms with Gasteiger partial charge in [0, 0.05) is 49.5 Å². The third-order valence-electron chi connectivity index (χ3n) is 6.18. The van der Waals surface area contributed by atoms with Crippen LogP contribution in [-0.4, -0.2) is 68.6 Å². The summed E-state index contributed by atoms with van der Waals surface area (Å²) < 4.78 is 21.4. The highest BCUT2D eigenvalue weighted by Gasteiger charge is 2.32. The van der Waals surface area contributed by atoms with E-state index in [9.17, 15) is 9.18 Å². The molecule has 0 bridgehead atoms. The molecular weight excluding hydrogens is 413 g/mol. The fraction of sp³-hybridized carbons (Fsp3) is 0.375.